The Labute approximate surface area is 144 Å². The van der Waals surface area contributed by atoms with Crippen molar-refractivity contribution in [2.24, 2.45) is 0 Å². The number of carboxylic acid groups (broad SMARTS) is 1. The zero-order valence-electron chi connectivity index (χ0n) is 13.4. The number of aliphatic carboxylic acids is 1. The maximum Gasteiger partial charge on any atom is 0.329 e. The molecule has 1 saturated heterocycles. The predicted octanol–water partition coefficient (Wildman–Crippen LogP) is 1.07. The van der Waals surface area contributed by atoms with Crippen LogP contribution in [0.5, 0.6) is 11.5 Å². The standard InChI is InChI=1S/C17H16N2O6/c1-3-7-25-13-6-5-11(9-14(13)24-4-2)8-12-16(22)19(10-15(20)21)17(23)18-12/h1,5-6,8-9H,4,7,10H2,2H3,(H,18,23)(H,20,21). The van der Waals surface area contributed by atoms with Gasteiger partial charge in [-0.3, -0.25) is 9.59 Å². The molecule has 2 rings (SSSR count). The maximum atomic E-state index is 12.1. The van der Waals surface area contributed by atoms with Gasteiger partial charge in [0, 0.05) is 0 Å². The van der Waals surface area contributed by atoms with Crippen molar-refractivity contribution in [1.29, 1.82) is 0 Å². The van der Waals surface area contributed by atoms with Crippen molar-refractivity contribution in [1.82, 2.24) is 10.2 Å². The first kappa shape index (κ1) is 17.9. The summed E-state index contributed by atoms with van der Waals surface area (Å²) in [5, 5.41) is 11.1. The molecule has 1 aromatic carbocycles. The maximum absolute atomic E-state index is 12.1. The molecule has 3 amide bonds. The molecular weight excluding hydrogens is 328 g/mol. The molecule has 0 bridgehead atoms. The number of ether oxygens (including phenoxy) is 2. The Morgan fingerprint density at radius 3 is 2.76 bits per heavy atom. The first-order valence-corrected chi connectivity index (χ1v) is 7.35. The zero-order valence-corrected chi connectivity index (χ0v) is 13.4. The van der Waals surface area contributed by atoms with Crippen LogP contribution in [-0.4, -0.2) is 47.7 Å². The number of rotatable bonds is 7. The third kappa shape index (κ3) is 4.29. The number of amides is 3. The molecule has 1 aliphatic rings. The van der Waals surface area contributed by atoms with E-state index in [0.29, 0.717) is 28.6 Å². The number of terminal acetylenes is 1. The molecule has 1 aliphatic heterocycles. The number of imide groups is 1. The third-order valence-corrected chi connectivity index (χ3v) is 3.15. The summed E-state index contributed by atoms with van der Waals surface area (Å²) < 4.78 is 10.8. The van der Waals surface area contributed by atoms with E-state index in [0.717, 1.165) is 0 Å². The lowest BCUT2D eigenvalue weighted by atomic mass is 10.1. The van der Waals surface area contributed by atoms with Crippen LogP contribution in [-0.2, 0) is 9.59 Å². The lowest BCUT2D eigenvalue weighted by Gasteiger charge is -2.11. The van der Waals surface area contributed by atoms with Gasteiger partial charge in [0.25, 0.3) is 5.91 Å². The van der Waals surface area contributed by atoms with Gasteiger partial charge >= 0.3 is 12.0 Å². The minimum Gasteiger partial charge on any atom is -0.490 e. The van der Waals surface area contributed by atoms with Gasteiger partial charge in [-0.1, -0.05) is 12.0 Å². The fourth-order valence-electron chi connectivity index (χ4n) is 2.14. The Bertz CT molecular complexity index is 778. The van der Waals surface area contributed by atoms with Crippen LogP contribution >= 0.6 is 0 Å². The van der Waals surface area contributed by atoms with E-state index in [9.17, 15) is 14.4 Å². The Morgan fingerprint density at radius 1 is 1.36 bits per heavy atom. The highest BCUT2D eigenvalue weighted by Crippen LogP contribution is 2.29. The van der Waals surface area contributed by atoms with E-state index in [1.54, 1.807) is 25.1 Å². The van der Waals surface area contributed by atoms with Crippen LogP contribution in [0.25, 0.3) is 6.08 Å². The highest BCUT2D eigenvalue weighted by Gasteiger charge is 2.34. The molecule has 2 N–H and O–H groups in total. The third-order valence-electron chi connectivity index (χ3n) is 3.15. The van der Waals surface area contributed by atoms with Gasteiger partial charge in [0.15, 0.2) is 11.5 Å². The highest BCUT2D eigenvalue weighted by atomic mass is 16.5. The van der Waals surface area contributed by atoms with Crippen LogP contribution in [0.3, 0.4) is 0 Å². The van der Waals surface area contributed by atoms with Gasteiger partial charge in [-0.25, -0.2) is 9.69 Å². The molecule has 0 atom stereocenters. The van der Waals surface area contributed by atoms with Crippen molar-refractivity contribution in [2.75, 3.05) is 19.8 Å². The topological polar surface area (TPSA) is 105 Å². The second-order valence-corrected chi connectivity index (χ2v) is 4.91. The lowest BCUT2D eigenvalue weighted by Crippen LogP contribution is -2.35. The number of hydrogen-bond donors (Lipinski definition) is 2. The number of hydrogen-bond acceptors (Lipinski definition) is 5. The molecule has 0 aliphatic carbocycles. The number of nitrogens with zero attached hydrogens (tertiary/aromatic N) is 1. The minimum atomic E-state index is -1.28. The Kier molecular flexibility index (Phi) is 5.63. The second-order valence-electron chi connectivity index (χ2n) is 4.91. The molecule has 8 nitrogen and oxygen atoms in total. The van der Waals surface area contributed by atoms with Crippen LogP contribution in [0.2, 0.25) is 0 Å². The molecule has 0 unspecified atom stereocenters. The number of benzene rings is 1. The first-order chi connectivity index (χ1) is 12.0. The van der Waals surface area contributed by atoms with E-state index in [4.69, 9.17) is 21.0 Å². The van der Waals surface area contributed by atoms with Crippen molar-refractivity contribution in [3.63, 3.8) is 0 Å². The fraction of sp³-hybridized carbons (Fsp3) is 0.235. The Hall–Kier alpha value is -3.47. The molecule has 130 valence electrons. The summed E-state index contributed by atoms with van der Waals surface area (Å²) in [5.41, 5.74) is 0.545. The van der Waals surface area contributed by atoms with Crippen LogP contribution in [0, 0.1) is 12.3 Å². The van der Waals surface area contributed by atoms with E-state index in [-0.39, 0.29) is 12.3 Å². The van der Waals surface area contributed by atoms with Crippen LogP contribution in [0.1, 0.15) is 12.5 Å². The van der Waals surface area contributed by atoms with E-state index < -0.39 is 24.5 Å². The van der Waals surface area contributed by atoms with Crippen LogP contribution < -0.4 is 14.8 Å². The van der Waals surface area contributed by atoms with E-state index in [1.165, 1.54) is 6.08 Å². The number of urea groups is 1. The number of nitrogens with one attached hydrogen (secondary N) is 1. The summed E-state index contributed by atoms with van der Waals surface area (Å²) in [6.07, 6.45) is 6.59. The zero-order chi connectivity index (χ0) is 18.4. The van der Waals surface area contributed by atoms with Crippen molar-refractivity contribution in [3.05, 3.63) is 29.5 Å². The van der Waals surface area contributed by atoms with Gasteiger partial charge in [0.05, 0.1) is 6.61 Å². The van der Waals surface area contributed by atoms with Crippen LogP contribution in [0.15, 0.2) is 23.9 Å². The number of carboxylic acids is 1. The van der Waals surface area contributed by atoms with Gasteiger partial charge in [0.1, 0.15) is 18.8 Å². The monoisotopic (exact) mass is 344 g/mol. The van der Waals surface area contributed by atoms with Crippen molar-refractivity contribution in [2.45, 2.75) is 6.92 Å². The fourth-order valence-corrected chi connectivity index (χ4v) is 2.14. The van der Waals surface area contributed by atoms with Crippen molar-refractivity contribution >= 4 is 24.0 Å². The molecule has 0 saturated carbocycles. The normalized spacial score (nSPS) is 15.0. The molecule has 0 spiro atoms. The lowest BCUT2D eigenvalue weighted by molar-refractivity contribution is -0.140. The van der Waals surface area contributed by atoms with E-state index >= 15 is 0 Å². The molecule has 1 fully saturated rings. The first-order valence-electron chi connectivity index (χ1n) is 7.35. The number of carbonyl (C=O) groups excluding carboxylic acids is 2. The molecule has 0 aromatic heterocycles. The summed E-state index contributed by atoms with van der Waals surface area (Å²) in [4.78, 5) is 35.1. The molecule has 25 heavy (non-hydrogen) atoms. The molecule has 8 heteroatoms. The molecule has 1 aromatic rings. The average molecular weight is 344 g/mol. The average Bonchev–Trinajstić information content (AvgIpc) is 2.81. The summed E-state index contributed by atoms with van der Waals surface area (Å²) in [5.74, 6) is 1.26. The van der Waals surface area contributed by atoms with Gasteiger partial charge in [0.2, 0.25) is 0 Å². The van der Waals surface area contributed by atoms with Crippen LogP contribution in [0.4, 0.5) is 4.79 Å². The quantitative estimate of drug-likeness (QED) is 0.436. The molecule has 1 heterocycles. The van der Waals surface area contributed by atoms with Crippen molar-refractivity contribution < 1.29 is 29.0 Å². The smallest absolute Gasteiger partial charge is 0.329 e. The summed E-state index contributed by atoms with van der Waals surface area (Å²) in [7, 11) is 0. The summed E-state index contributed by atoms with van der Waals surface area (Å²) in [6.45, 7) is 1.58. The Morgan fingerprint density at radius 2 is 2.12 bits per heavy atom. The van der Waals surface area contributed by atoms with Gasteiger partial charge in [-0.15, -0.1) is 6.42 Å². The largest absolute Gasteiger partial charge is 0.490 e. The summed E-state index contributed by atoms with van der Waals surface area (Å²) >= 11 is 0. The molecular formula is C17H16N2O6. The SMILES string of the molecule is C#CCOc1ccc(C=C2NC(=O)N(CC(=O)O)C2=O)cc1OCC. The second kappa shape index (κ2) is 7.88. The minimum absolute atomic E-state index is 0.0222. The Balaban J connectivity index is 2.27. The van der Waals surface area contributed by atoms with E-state index in [1.807, 2.05) is 0 Å². The number of carbonyl (C=O) groups is 3. The predicted molar refractivity (Wildman–Crippen MR) is 87.8 cm³/mol. The van der Waals surface area contributed by atoms with Crippen molar-refractivity contribution in [3.8, 4) is 23.8 Å². The summed E-state index contributed by atoms with van der Waals surface area (Å²) in [6, 6.07) is 4.13. The van der Waals surface area contributed by atoms with Gasteiger partial charge in [-0.05, 0) is 30.7 Å². The van der Waals surface area contributed by atoms with Gasteiger partial charge in [-0.2, -0.15) is 0 Å². The van der Waals surface area contributed by atoms with E-state index in [2.05, 4.69) is 11.2 Å². The highest BCUT2D eigenvalue weighted by molar-refractivity contribution is 6.15. The molecule has 0 radical (unpaired) electrons. The van der Waals surface area contributed by atoms with Gasteiger partial charge < -0.3 is 19.9 Å².